The van der Waals surface area contributed by atoms with Crippen molar-refractivity contribution < 1.29 is 14.7 Å². The highest BCUT2D eigenvalue weighted by Gasteiger charge is 2.27. The molecule has 30 heavy (non-hydrogen) atoms. The lowest BCUT2D eigenvalue weighted by molar-refractivity contribution is -0.138. The molecule has 0 saturated carbocycles. The summed E-state index contributed by atoms with van der Waals surface area (Å²) in [4.78, 5) is 37.1. The predicted octanol–water partition coefficient (Wildman–Crippen LogP) is 4.07. The van der Waals surface area contributed by atoms with E-state index in [1.165, 1.54) is 10.6 Å². The maximum Gasteiger partial charge on any atom is 0.305 e. The van der Waals surface area contributed by atoms with Crippen LogP contribution in [0.3, 0.4) is 0 Å². The number of carboxylic acids is 1. The SMILES string of the molecule is CC(C)C[C@@H](C(=O)NC(CC(=O)O)c1cccc(C(C)(C)C)c1)n1ccccc1=O. The second-order valence-corrected chi connectivity index (χ2v) is 9.13. The van der Waals surface area contributed by atoms with E-state index in [4.69, 9.17) is 0 Å². The minimum absolute atomic E-state index is 0.106. The van der Waals surface area contributed by atoms with Crippen molar-refractivity contribution in [1.29, 1.82) is 0 Å². The van der Waals surface area contributed by atoms with Crippen LogP contribution < -0.4 is 10.9 Å². The van der Waals surface area contributed by atoms with Gasteiger partial charge in [0.2, 0.25) is 5.91 Å². The van der Waals surface area contributed by atoms with Crippen molar-refractivity contribution >= 4 is 11.9 Å². The van der Waals surface area contributed by atoms with Gasteiger partial charge in [-0.05, 0) is 34.9 Å². The first-order chi connectivity index (χ1) is 14.0. The zero-order chi connectivity index (χ0) is 22.5. The summed E-state index contributed by atoms with van der Waals surface area (Å²) < 4.78 is 1.42. The first-order valence-electron chi connectivity index (χ1n) is 10.3. The standard InChI is InChI=1S/C24H32N2O4/c1-16(2)13-20(26-12-7-6-11-21(26)27)23(30)25-19(15-22(28)29)17-9-8-10-18(14-17)24(3,4)5/h6-12,14,16,19-20H,13,15H2,1-5H3,(H,25,30)(H,28,29)/t19?,20-/m0/s1. The van der Waals surface area contributed by atoms with Crippen LogP contribution in [0.2, 0.25) is 0 Å². The Balaban J connectivity index is 2.39. The maximum atomic E-state index is 13.2. The summed E-state index contributed by atoms with van der Waals surface area (Å²) in [6, 6.07) is 11.0. The first kappa shape index (κ1) is 23.4. The molecule has 0 aliphatic carbocycles. The molecular weight excluding hydrogens is 380 g/mol. The molecule has 0 saturated heterocycles. The highest BCUT2D eigenvalue weighted by molar-refractivity contribution is 5.81. The minimum atomic E-state index is -1.00. The number of carbonyl (C=O) groups is 2. The number of pyridine rings is 1. The van der Waals surface area contributed by atoms with E-state index in [1.54, 1.807) is 18.3 Å². The summed E-state index contributed by atoms with van der Waals surface area (Å²) in [6.45, 7) is 10.2. The molecule has 0 aliphatic heterocycles. The van der Waals surface area contributed by atoms with Gasteiger partial charge in [0.1, 0.15) is 6.04 Å². The predicted molar refractivity (Wildman–Crippen MR) is 117 cm³/mol. The average Bonchev–Trinajstić information content (AvgIpc) is 2.65. The second-order valence-electron chi connectivity index (χ2n) is 9.13. The molecule has 0 bridgehead atoms. The molecular formula is C24H32N2O4. The van der Waals surface area contributed by atoms with Crippen LogP contribution in [0, 0.1) is 5.92 Å². The molecule has 6 nitrogen and oxygen atoms in total. The lowest BCUT2D eigenvalue weighted by Gasteiger charge is -2.26. The number of carbonyl (C=O) groups excluding carboxylic acids is 1. The molecule has 1 heterocycles. The molecule has 2 atom stereocenters. The number of nitrogens with zero attached hydrogens (tertiary/aromatic N) is 1. The Labute approximate surface area is 177 Å². The van der Waals surface area contributed by atoms with Crippen LogP contribution in [0.5, 0.6) is 0 Å². The van der Waals surface area contributed by atoms with Crippen molar-refractivity contribution in [3.8, 4) is 0 Å². The van der Waals surface area contributed by atoms with Crippen molar-refractivity contribution in [3.05, 3.63) is 70.1 Å². The normalized spacial score (nSPS) is 13.7. The van der Waals surface area contributed by atoms with Gasteiger partial charge in [0.25, 0.3) is 5.56 Å². The average molecular weight is 413 g/mol. The molecule has 1 unspecified atom stereocenters. The van der Waals surface area contributed by atoms with Crippen LogP contribution >= 0.6 is 0 Å². The number of carboxylic acid groups (broad SMARTS) is 1. The summed E-state index contributed by atoms with van der Waals surface area (Å²) in [5.41, 5.74) is 1.43. The van der Waals surface area contributed by atoms with E-state index in [1.807, 2.05) is 38.1 Å². The molecule has 0 radical (unpaired) electrons. The number of benzene rings is 1. The van der Waals surface area contributed by atoms with Crippen LogP contribution in [-0.2, 0) is 15.0 Å². The summed E-state index contributed by atoms with van der Waals surface area (Å²) in [5.74, 6) is -1.18. The highest BCUT2D eigenvalue weighted by atomic mass is 16.4. The number of hydrogen-bond acceptors (Lipinski definition) is 3. The van der Waals surface area contributed by atoms with E-state index in [0.29, 0.717) is 6.42 Å². The van der Waals surface area contributed by atoms with E-state index < -0.39 is 18.1 Å². The third-order valence-corrected chi connectivity index (χ3v) is 5.03. The summed E-state index contributed by atoms with van der Waals surface area (Å²) in [6.07, 6.45) is 1.83. The van der Waals surface area contributed by atoms with Crippen LogP contribution in [-0.4, -0.2) is 21.6 Å². The monoisotopic (exact) mass is 412 g/mol. The molecule has 0 fully saturated rings. The molecule has 2 N–H and O–H groups in total. The van der Waals surface area contributed by atoms with Crippen LogP contribution in [0.15, 0.2) is 53.5 Å². The molecule has 0 aliphatic rings. The highest BCUT2D eigenvalue weighted by Crippen LogP contribution is 2.27. The van der Waals surface area contributed by atoms with E-state index in [2.05, 4.69) is 26.1 Å². The molecule has 6 heteroatoms. The third kappa shape index (κ3) is 6.31. The van der Waals surface area contributed by atoms with Gasteiger partial charge >= 0.3 is 5.97 Å². The van der Waals surface area contributed by atoms with Crippen molar-refractivity contribution in [2.24, 2.45) is 5.92 Å². The van der Waals surface area contributed by atoms with E-state index in [0.717, 1.165) is 11.1 Å². The third-order valence-electron chi connectivity index (χ3n) is 5.03. The van der Waals surface area contributed by atoms with Crippen molar-refractivity contribution in [1.82, 2.24) is 9.88 Å². The molecule has 2 aromatic rings. The number of aromatic nitrogens is 1. The van der Waals surface area contributed by atoms with Crippen molar-refractivity contribution in [2.75, 3.05) is 0 Å². The fraction of sp³-hybridized carbons (Fsp3) is 0.458. The van der Waals surface area contributed by atoms with Gasteiger partial charge in [-0.1, -0.05) is 65.0 Å². The first-order valence-corrected chi connectivity index (χ1v) is 10.3. The van der Waals surface area contributed by atoms with Crippen molar-refractivity contribution in [3.63, 3.8) is 0 Å². The molecule has 0 spiro atoms. The molecule has 1 aromatic carbocycles. The fourth-order valence-corrected chi connectivity index (χ4v) is 3.41. The van der Waals surface area contributed by atoms with Gasteiger partial charge in [0.15, 0.2) is 0 Å². The Bertz CT molecular complexity index is 940. The van der Waals surface area contributed by atoms with Gasteiger partial charge < -0.3 is 15.0 Å². The van der Waals surface area contributed by atoms with Gasteiger partial charge in [-0.15, -0.1) is 0 Å². The lowest BCUT2D eigenvalue weighted by Crippen LogP contribution is -2.40. The Hall–Kier alpha value is -2.89. The number of amides is 1. The smallest absolute Gasteiger partial charge is 0.305 e. The molecule has 2 rings (SSSR count). The molecule has 1 amide bonds. The van der Waals surface area contributed by atoms with E-state index in [9.17, 15) is 19.5 Å². The van der Waals surface area contributed by atoms with Gasteiger partial charge in [-0.2, -0.15) is 0 Å². The van der Waals surface area contributed by atoms with Gasteiger partial charge in [0, 0.05) is 12.3 Å². The number of rotatable bonds is 8. The van der Waals surface area contributed by atoms with Gasteiger partial charge in [-0.25, -0.2) is 0 Å². The second kappa shape index (κ2) is 9.74. The van der Waals surface area contributed by atoms with Crippen LogP contribution in [0.1, 0.15) is 70.7 Å². The summed E-state index contributed by atoms with van der Waals surface area (Å²) in [5, 5.41) is 12.3. The quantitative estimate of drug-likeness (QED) is 0.684. The van der Waals surface area contributed by atoms with Gasteiger partial charge in [-0.3, -0.25) is 14.4 Å². The molecule has 162 valence electrons. The Morgan fingerprint density at radius 3 is 2.37 bits per heavy atom. The van der Waals surface area contributed by atoms with Crippen molar-refractivity contribution in [2.45, 2.75) is 65.0 Å². The Morgan fingerprint density at radius 2 is 1.80 bits per heavy atom. The van der Waals surface area contributed by atoms with Crippen LogP contribution in [0.25, 0.3) is 0 Å². The number of nitrogens with one attached hydrogen (secondary N) is 1. The van der Waals surface area contributed by atoms with E-state index in [-0.39, 0.29) is 29.2 Å². The summed E-state index contributed by atoms with van der Waals surface area (Å²) in [7, 11) is 0. The fourth-order valence-electron chi connectivity index (χ4n) is 3.41. The zero-order valence-electron chi connectivity index (χ0n) is 18.4. The molecule has 1 aromatic heterocycles. The maximum absolute atomic E-state index is 13.2. The largest absolute Gasteiger partial charge is 0.481 e. The van der Waals surface area contributed by atoms with Gasteiger partial charge in [0.05, 0.1) is 12.5 Å². The number of aliphatic carboxylic acids is 1. The van der Waals surface area contributed by atoms with Crippen LogP contribution in [0.4, 0.5) is 0 Å². The zero-order valence-corrected chi connectivity index (χ0v) is 18.4. The number of hydrogen-bond donors (Lipinski definition) is 2. The minimum Gasteiger partial charge on any atom is -0.481 e. The summed E-state index contributed by atoms with van der Waals surface area (Å²) >= 11 is 0. The lowest BCUT2D eigenvalue weighted by atomic mass is 9.85. The Morgan fingerprint density at radius 1 is 1.10 bits per heavy atom. The topological polar surface area (TPSA) is 88.4 Å². The van der Waals surface area contributed by atoms with E-state index >= 15 is 0 Å². The Kier molecular flexibility index (Phi) is 7.59.